The summed E-state index contributed by atoms with van der Waals surface area (Å²) in [6.07, 6.45) is -0.161. The van der Waals surface area contributed by atoms with Gasteiger partial charge in [-0.25, -0.2) is 13.6 Å². The topological polar surface area (TPSA) is 67.9 Å². The molecule has 2 aromatic carbocycles. The highest BCUT2D eigenvalue weighted by atomic mass is 28.3. The van der Waals surface area contributed by atoms with Gasteiger partial charge in [-0.05, 0) is 68.6 Å². The average molecular weight is 505 g/mol. The van der Waals surface area contributed by atoms with E-state index < -0.39 is 43.4 Å². The van der Waals surface area contributed by atoms with E-state index in [9.17, 15) is 18.4 Å². The zero-order valence-corrected chi connectivity index (χ0v) is 22.4. The molecule has 1 unspecified atom stereocenters. The number of hydrogen-bond acceptors (Lipinski definition) is 4. The molecule has 2 aromatic rings. The van der Waals surface area contributed by atoms with Crippen molar-refractivity contribution in [2.24, 2.45) is 0 Å². The minimum Gasteiger partial charge on any atom is -0.494 e. The molecule has 0 aliphatic carbocycles. The molecule has 6 nitrogen and oxygen atoms in total. The van der Waals surface area contributed by atoms with Crippen molar-refractivity contribution in [2.45, 2.75) is 65.4 Å². The number of hydrogen-bond donors (Lipinski definition) is 1. The zero-order valence-electron chi connectivity index (χ0n) is 21.4. The first kappa shape index (κ1) is 26.7. The summed E-state index contributed by atoms with van der Waals surface area (Å²) in [7, 11) is -2.12. The molecule has 3 rings (SSSR count). The standard InChI is InChI=1S/C26H34F2N2O4Si/c1-8-33-17-9-10-18-16(13-17)11-12-30(25(32)34-26(2,3)4)23(18)24(31)29-21-14-20(28)22(15-19(21)27)35(5,6)7/h9-10,13-15,23H,8,11-12H2,1-7H3,(H,29,31). The van der Waals surface area contributed by atoms with Gasteiger partial charge in [0.25, 0.3) is 5.91 Å². The van der Waals surface area contributed by atoms with Crippen LogP contribution < -0.4 is 15.2 Å². The predicted octanol–water partition coefficient (Wildman–Crippen LogP) is 5.38. The molecule has 0 bridgehead atoms. The summed E-state index contributed by atoms with van der Waals surface area (Å²) in [5.41, 5.74) is 0.398. The number of benzene rings is 2. The van der Waals surface area contributed by atoms with E-state index in [1.807, 2.05) is 32.6 Å². The van der Waals surface area contributed by atoms with Crippen LogP contribution in [0.3, 0.4) is 0 Å². The SMILES string of the molecule is CCOc1ccc2c(c1)CCN(C(=O)OC(C)(C)C)C2C(=O)Nc1cc(F)c([Si](C)(C)C)cc1F. The Labute approximate surface area is 206 Å². The first-order valence-corrected chi connectivity index (χ1v) is 15.3. The normalized spacial score (nSPS) is 15.9. The maximum Gasteiger partial charge on any atom is 0.411 e. The summed E-state index contributed by atoms with van der Waals surface area (Å²) in [5.74, 6) is -1.27. The predicted molar refractivity (Wildman–Crippen MR) is 135 cm³/mol. The van der Waals surface area contributed by atoms with Crippen LogP contribution in [0.25, 0.3) is 0 Å². The van der Waals surface area contributed by atoms with Crippen molar-refractivity contribution in [3.63, 3.8) is 0 Å². The van der Waals surface area contributed by atoms with Crippen LogP contribution in [-0.2, 0) is 16.0 Å². The number of anilines is 1. The fraction of sp³-hybridized carbons (Fsp3) is 0.462. The van der Waals surface area contributed by atoms with Crippen LogP contribution in [0.15, 0.2) is 30.3 Å². The van der Waals surface area contributed by atoms with Crippen LogP contribution >= 0.6 is 0 Å². The molecule has 1 aliphatic heterocycles. The van der Waals surface area contributed by atoms with Crippen LogP contribution in [0.5, 0.6) is 5.75 Å². The third-order valence-corrected chi connectivity index (χ3v) is 7.65. The van der Waals surface area contributed by atoms with Gasteiger partial charge in [-0.15, -0.1) is 0 Å². The number of halogens is 2. The lowest BCUT2D eigenvalue weighted by Gasteiger charge is -2.37. The van der Waals surface area contributed by atoms with E-state index in [-0.39, 0.29) is 12.2 Å². The maximum absolute atomic E-state index is 14.9. The third kappa shape index (κ3) is 6.20. The van der Waals surface area contributed by atoms with Crippen molar-refractivity contribution in [3.8, 4) is 5.75 Å². The van der Waals surface area contributed by atoms with Crippen molar-refractivity contribution in [3.05, 3.63) is 53.1 Å². The van der Waals surface area contributed by atoms with Gasteiger partial charge in [0.1, 0.15) is 29.0 Å². The van der Waals surface area contributed by atoms with Crippen molar-refractivity contribution in [2.75, 3.05) is 18.5 Å². The molecule has 1 N–H and O–H groups in total. The average Bonchev–Trinajstić information content (AvgIpc) is 2.73. The molecule has 9 heteroatoms. The van der Waals surface area contributed by atoms with E-state index in [2.05, 4.69) is 5.32 Å². The van der Waals surface area contributed by atoms with Crippen molar-refractivity contribution >= 4 is 30.9 Å². The summed E-state index contributed by atoms with van der Waals surface area (Å²) in [5, 5.41) is 2.85. The van der Waals surface area contributed by atoms with Gasteiger partial charge in [-0.2, -0.15) is 0 Å². The molecule has 0 aromatic heterocycles. The van der Waals surface area contributed by atoms with Gasteiger partial charge < -0.3 is 14.8 Å². The lowest BCUT2D eigenvalue weighted by molar-refractivity contribution is -0.122. The quantitative estimate of drug-likeness (QED) is 0.555. The molecule has 1 heterocycles. The molecule has 1 atom stereocenters. The molecule has 2 amide bonds. The van der Waals surface area contributed by atoms with Gasteiger partial charge in [0.05, 0.1) is 20.4 Å². The number of nitrogens with zero attached hydrogens (tertiary/aromatic N) is 1. The number of rotatable bonds is 5. The highest BCUT2D eigenvalue weighted by molar-refractivity contribution is 6.88. The molecule has 0 spiro atoms. The number of carbonyl (C=O) groups is 2. The Kier molecular flexibility index (Phi) is 7.59. The van der Waals surface area contributed by atoms with Crippen LogP contribution in [0.2, 0.25) is 19.6 Å². The van der Waals surface area contributed by atoms with Gasteiger partial charge in [-0.3, -0.25) is 9.69 Å². The van der Waals surface area contributed by atoms with Crippen LogP contribution in [0.4, 0.5) is 19.3 Å². The van der Waals surface area contributed by atoms with Crippen LogP contribution in [0, 0.1) is 11.6 Å². The monoisotopic (exact) mass is 504 g/mol. The summed E-state index contributed by atoms with van der Waals surface area (Å²) in [4.78, 5) is 27.8. The lowest BCUT2D eigenvalue weighted by atomic mass is 9.92. The molecular weight excluding hydrogens is 470 g/mol. The summed E-state index contributed by atoms with van der Waals surface area (Å²) >= 11 is 0. The minimum absolute atomic E-state index is 0.223. The van der Waals surface area contributed by atoms with E-state index in [1.54, 1.807) is 32.9 Å². The van der Waals surface area contributed by atoms with E-state index in [0.717, 1.165) is 17.7 Å². The van der Waals surface area contributed by atoms with E-state index in [0.29, 0.717) is 29.5 Å². The Morgan fingerprint density at radius 3 is 2.40 bits per heavy atom. The van der Waals surface area contributed by atoms with Gasteiger partial charge >= 0.3 is 6.09 Å². The molecule has 0 radical (unpaired) electrons. The second-order valence-corrected chi connectivity index (χ2v) is 15.7. The maximum atomic E-state index is 14.9. The molecule has 190 valence electrons. The van der Waals surface area contributed by atoms with Crippen molar-refractivity contribution < 1.29 is 27.8 Å². The number of fused-ring (bicyclic) bond motifs is 1. The summed E-state index contributed by atoms with van der Waals surface area (Å²) < 4.78 is 40.8. The van der Waals surface area contributed by atoms with Gasteiger partial charge in [-0.1, -0.05) is 25.7 Å². The van der Waals surface area contributed by atoms with Gasteiger partial charge in [0.2, 0.25) is 0 Å². The van der Waals surface area contributed by atoms with Crippen molar-refractivity contribution in [1.82, 2.24) is 4.90 Å². The fourth-order valence-electron chi connectivity index (χ4n) is 4.08. The largest absolute Gasteiger partial charge is 0.494 e. The number of carbonyl (C=O) groups excluding carboxylic acids is 2. The third-order valence-electron chi connectivity index (χ3n) is 5.65. The Morgan fingerprint density at radius 1 is 1.11 bits per heavy atom. The van der Waals surface area contributed by atoms with Crippen molar-refractivity contribution in [1.29, 1.82) is 0 Å². The fourth-order valence-corrected chi connectivity index (χ4v) is 5.43. The number of amides is 2. The second kappa shape index (κ2) is 9.97. The lowest BCUT2D eigenvalue weighted by Crippen LogP contribution is -2.47. The minimum atomic E-state index is -2.12. The highest BCUT2D eigenvalue weighted by Gasteiger charge is 2.39. The molecule has 1 aliphatic rings. The Hall–Kier alpha value is -2.94. The first-order valence-electron chi connectivity index (χ1n) is 11.8. The van der Waals surface area contributed by atoms with Gasteiger partial charge in [0, 0.05) is 12.6 Å². The molecular formula is C26H34F2N2O4Si. The number of nitrogens with one attached hydrogen (secondary N) is 1. The molecule has 35 heavy (non-hydrogen) atoms. The van der Waals surface area contributed by atoms with E-state index in [4.69, 9.17) is 9.47 Å². The van der Waals surface area contributed by atoms with E-state index in [1.165, 1.54) is 4.90 Å². The Bertz CT molecular complexity index is 1130. The van der Waals surface area contributed by atoms with Gasteiger partial charge in [0.15, 0.2) is 0 Å². The Balaban J connectivity index is 1.99. The second-order valence-electron chi connectivity index (χ2n) is 10.7. The van der Waals surface area contributed by atoms with Crippen LogP contribution in [0.1, 0.15) is 44.9 Å². The molecule has 0 saturated carbocycles. The highest BCUT2D eigenvalue weighted by Crippen LogP contribution is 2.34. The number of ether oxygens (including phenoxy) is 2. The zero-order chi connectivity index (χ0) is 26.1. The summed E-state index contributed by atoms with van der Waals surface area (Å²) in [6.45, 7) is 13.6. The molecule has 0 saturated heterocycles. The Morgan fingerprint density at radius 2 is 1.80 bits per heavy atom. The van der Waals surface area contributed by atoms with Crippen LogP contribution in [-0.4, -0.2) is 43.7 Å². The summed E-state index contributed by atoms with van der Waals surface area (Å²) in [6, 6.07) is 6.39. The molecule has 0 fully saturated rings. The first-order chi connectivity index (χ1) is 16.2. The smallest absolute Gasteiger partial charge is 0.411 e. The van der Waals surface area contributed by atoms with E-state index >= 15 is 0 Å².